The molecule has 1 unspecified atom stereocenters. The van der Waals surface area contributed by atoms with Gasteiger partial charge in [0.25, 0.3) is 0 Å². The number of carboxylic acid groups (broad SMARTS) is 1. The molecule has 0 bridgehead atoms. The molecule has 0 aromatic carbocycles. The molecule has 5 heteroatoms. The quantitative estimate of drug-likeness (QED) is 0.912. The molecule has 1 N–H and O–H groups in total. The number of carboxylic acids is 1. The van der Waals surface area contributed by atoms with Crippen molar-refractivity contribution in [1.29, 1.82) is 0 Å². The molecule has 2 saturated carbocycles. The van der Waals surface area contributed by atoms with Gasteiger partial charge in [-0.2, -0.15) is 5.10 Å². The highest BCUT2D eigenvalue weighted by molar-refractivity contribution is 6.32. The summed E-state index contributed by atoms with van der Waals surface area (Å²) >= 11 is 6.29. The van der Waals surface area contributed by atoms with Gasteiger partial charge in [0.15, 0.2) is 0 Å². The Bertz CT molecular complexity index is 502. The van der Waals surface area contributed by atoms with E-state index in [4.69, 9.17) is 11.6 Å². The first-order valence-corrected chi connectivity index (χ1v) is 7.48. The lowest BCUT2D eigenvalue weighted by Gasteiger charge is -2.12. The highest BCUT2D eigenvalue weighted by Gasteiger charge is 2.35. The second kappa shape index (κ2) is 4.82. The van der Waals surface area contributed by atoms with Gasteiger partial charge in [-0.05, 0) is 38.5 Å². The van der Waals surface area contributed by atoms with Gasteiger partial charge in [0.1, 0.15) is 10.7 Å². The molecule has 0 amide bonds. The maximum atomic E-state index is 11.5. The van der Waals surface area contributed by atoms with E-state index in [1.54, 1.807) is 4.68 Å². The number of aromatic nitrogens is 2. The van der Waals surface area contributed by atoms with Gasteiger partial charge in [0, 0.05) is 5.92 Å². The Balaban J connectivity index is 2.01. The van der Waals surface area contributed by atoms with Gasteiger partial charge in [0.2, 0.25) is 0 Å². The van der Waals surface area contributed by atoms with E-state index in [1.807, 2.05) is 0 Å². The molecule has 0 spiro atoms. The van der Waals surface area contributed by atoms with E-state index < -0.39 is 5.97 Å². The van der Waals surface area contributed by atoms with Gasteiger partial charge in [0.05, 0.1) is 11.7 Å². The zero-order valence-corrected chi connectivity index (χ0v) is 11.9. The Labute approximate surface area is 117 Å². The highest BCUT2D eigenvalue weighted by Crippen LogP contribution is 2.43. The van der Waals surface area contributed by atoms with Crippen molar-refractivity contribution in [3.63, 3.8) is 0 Å². The van der Waals surface area contributed by atoms with Gasteiger partial charge < -0.3 is 5.11 Å². The third-order valence-electron chi connectivity index (χ3n) is 4.52. The average Bonchev–Trinajstić information content (AvgIpc) is 2.95. The Morgan fingerprint density at radius 3 is 2.53 bits per heavy atom. The van der Waals surface area contributed by atoms with Crippen molar-refractivity contribution < 1.29 is 9.90 Å². The molecule has 2 aliphatic rings. The fourth-order valence-corrected chi connectivity index (χ4v) is 3.53. The van der Waals surface area contributed by atoms with Crippen molar-refractivity contribution in [3.05, 3.63) is 16.4 Å². The summed E-state index contributed by atoms with van der Waals surface area (Å²) in [5.41, 5.74) is 0.948. The molecule has 3 rings (SSSR count). The van der Waals surface area contributed by atoms with Gasteiger partial charge in [-0.15, -0.1) is 0 Å². The molecule has 1 atom stereocenters. The van der Waals surface area contributed by atoms with Crippen LogP contribution in [0.5, 0.6) is 0 Å². The summed E-state index contributed by atoms with van der Waals surface area (Å²) in [5.74, 6) is -0.0622. The second-order valence-corrected chi connectivity index (χ2v) is 6.22. The van der Waals surface area contributed by atoms with E-state index >= 15 is 0 Å². The lowest BCUT2D eigenvalue weighted by Crippen LogP contribution is -2.09. The van der Waals surface area contributed by atoms with Crippen molar-refractivity contribution in [2.75, 3.05) is 0 Å². The standard InChI is InChI=1S/C14H19ClN2O2/c1-8(9-6-7-9)17-13(15)11(14(18)19)12(16-17)10-4-2-3-5-10/h8-10H,2-7H2,1H3,(H,18,19). The van der Waals surface area contributed by atoms with Crippen LogP contribution in [-0.4, -0.2) is 20.9 Å². The molecule has 1 aromatic heterocycles. The maximum Gasteiger partial charge on any atom is 0.340 e. The second-order valence-electron chi connectivity index (χ2n) is 5.86. The van der Waals surface area contributed by atoms with Gasteiger partial charge >= 0.3 is 5.97 Å². The lowest BCUT2D eigenvalue weighted by molar-refractivity contribution is 0.0695. The Morgan fingerprint density at radius 1 is 1.37 bits per heavy atom. The van der Waals surface area contributed by atoms with E-state index in [-0.39, 0.29) is 17.5 Å². The smallest absolute Gasteiger partial charge is 0.340 e. The molecule has 104 valence electrons. The van der Waals surface area contributed by atoms with Gasteiger partial charge in [-0.3, -0.25) is 0 Å². The molecule has 0 radical (unpaired) electrons. The third kappa shape index (κ3) is 2.27. The summed E-state index contributed by atoms with van der Waals surface area (Å²) in [6.45, 7) is 2.08. The van der Waals surface area contributed by atoms with Crippen LogP contribution in [0.15, 0.2) is 0 Å². The molecule has 19 heavy (non-hydrogen) atoms. The molecular formula is C14H19ClN2O2. The van der Waals surface area contributed by atoms with Crippen LogP contribution in [0.4, 0.5) is 0 Å². The molecule has 1 aromatic rings. The molecule has 2 fully saturated rings. The van der Waals surface area contributed by atoms with Crippen LogP contribution in [0, 0.1) is 5.92 Å². The zero-order chi connectivity index (χ0) is 13.6. The largest absolute Gasteiger partial charge is 0.478 e. The predicted molar refractivity (Wildman–Crippen MR) is 72.8 cm³/mol. The van der Waals surface area contributed by atoms with E-state index in [2.05, 4.69) is 12.0 Å². The predicted octanol–water partition coefficient (Wildman–Crippen LogP) is 3.86. The SMILES string of the molecule is CC(C1CC1)n1nc(C2CCCC2)c(C(=O)O)c1Cl. The van der Waals surface area contributed by atoms with Crippen molar-refractivity contribution >= 4 is 17.6 Å². The van der Waals surface area contributed by atoms with Crippen LogP contribution in [0.2, 0.25) is 5.15 Å². The van der Waals surface area contributed by atoms with Crippen LogP contribution < -0.4 is 0 Å². The zero-order valence-electron chi connectivity index (χ0n) is 11.1. The van der Waals surface area contributed by atoms with Gasteiger partial charge in [-0.1, -0.05) is 24.4 Å². The van der Waals surface area contributed by atoms with Crippen LogP contribution in [0.3, 0.4) is 0 Å². The van der Waals surface area contributed by atoms with E-state index in [1.165, 1.54) is 12.8 Å². The summed E-state index contributed by atoms with van der Waals surface area (Å²) in [4.78, 5) is 11.5. The molecule has 0 saturated heterocycles. The summed E-state index contributed by atoms with van der Waals surface area (Å²) in [5, 5.41) is 14.3. The fourth-order valence-electron chi connectivity index (χ4n) is 3.16. The topological polar surface area (TPSA) is 55.1 Å². The number of rotatable bonds is 4. The van der Waals surface area contributed by atoms with Crippen molar-refractivity contribution in [3.8, 4) is 0 Å². The number of halogens is 1. The molecule has 0 aliphatic heterocycles. The average molecular weight is 283 g/mol. The Morgan fingerprint density at radius 2 is 2.00 bits per heavy atom. The molecule has 1 heterocycles. The van der Waals surface area contributed by atoms with Crippen molar-refractivity contribution in [2.24, 2.45) is 5.92 Å². The monoisotopic (exact) mass is 282 g/mol. The molecule has 2 aliphatic carbocycles. The van der Waals surface area contributed by atoms with Crippen molar-refractivity contribution in [1.82, 2.24) is 9.78 Å². The van der Waals surface area contributed by atoms with Crippen LogP contribution in [-0.2, 0) is 0 Å². The third-order valence-corrected chi connectivity index (χ3v) is 4.89. The molecule has 4 nitrogen and oxygen atoms in total. The first kappa shape index (κ1) is 13.0. The molecular weight excluding hydrogens is 264 g/mol. The van der Waals surface area contributed by atoms with Crippen molar-refractivity contribution in [2.45, 2.75) is 57.4 Å². The van der Waals surface area contributed by atoms with Gasteiger partial charge in [-0.25, -0.2) is 9.48 Å². The van der Waals surface area contributed by atoms with Crippen LogP contribution in [0.25, 0.3) is 0 Å². The Kier molecular flexibility index (Phi) is 3.29. The number of aromatic carboxylic acids is 1. The van der Waals surface area contributed by atoms with E-state index in [0.29, 0.717) is 16.8 Å². The minimum Gasteiger partial charge on any atom is -0.478 e. The van der Waals surface area contributed by atoms with E-state index in [9.17, 15) is 9.90 Å². The van der Waals surface area contributed by atoms with Crippen LogP contribution in [0.1, 0.15) is 73.5 Å². The minimum atomic E-state index is -0.943. The van der Waals surface area contributed by atoms with E-state index in [0.717, 1.165) is 25.7 Å². The first-order chi connectivity index (χ1) is 9.09. The first-order valence-electron chi connectivity index (χ1n) is 7.10. The van der Waals surface area contributed by atoms with Crippen LogP contribution >= 0.6 is 11.6 Å². The summed E-state index contributed by atoms with van der Waals surface area (Å²) in [6, 6.07) is 0.209. The number of nitrogens with zero attached hydrogens (tertiary/aromatic N) is 2. The summed E-state index contributed by atoms with van der Waals surface area (Å²) in [7, 11) is 0. The fraction of sp³-hybridized carbons (Fsp3) is 0.714. The highest BCUT2D eigenvalue weighted by atomic mass is 35.5. The lowest BCUT2D eigenvalue weighted by atomic mass is 10.0. The number of hydrogen-bond donors (Lipinski definition) is 1. The summed E-state index contributed by atoms with van der Waals surface area (Å²) < 4.78 is 1.75. The normalized spacial score (nSPS) is 21.8. The number of carbonyl (C=O) groups is 1. The Hall–Kier alpha value is -1.03. The minimum absolute atomic E-state index is 0.209. The number of hydrogen-bond acceptors (Lipinski definition) is 2. The maximum absolute atomic E-state index is 11.5. The summed E-state index contributed by atoms with van der Waals surface area (Å²) in [6.07, 6.45) is 6.77.